The minimum Gasteiger partial charge on any atom is -0.355 e. The van der Waals surface area contributed by atoms with Gasteiger partial charge in [0.25, 0.3) is 0 Å². The monoisotopic (exact) mass is 236 g/mol. The van der Waals surface area contributed by atoms with Gasteiger partial charge in [-0.3, -0.25) is 0 Å². The topological polar surface area (TPSA) is 36.9 Å². The second-order valence-electron chi connectivity index (χ2n) is 3.29. The molecule has 1 unspecified atom stereocenters. The van der Waals surface area contributed by atoms with E-state index < -0.39 is 9.05 Å². The maximum absolute atomic E-state index is 5.78. The third-order valence-electron chi connectivity index (χ3n) is 1.93. The molecule has 0 aliphatic rings. The van der Waals surface area contributed by atoms with Crippen LogP contribution in [-0.2, 0) is 17.7 Å². The van der Waals surface area contributed by atoms with Crippen LogP contribution in [0.15, 0.2) is 0 Å². The Morgan fingerprint density at radius 1 is 1.07 bits per heavy atom. The quantitative estimate of drug-likeness (QED) is 0.576. The summed E-state index contributed by atoms with van der Waals surface area (Å²) < 4.78 is 22.1. The number of rotatable bonds is 9. The van der Waals surface area contributed by atoms with Gasteiger partial charge in [-0.05, 0) is 27.2 Å². The van der Waals surface area contributed by atoms with Crippen molar-refractivity contribution in [1.82, 2.24) is 0 Å². The molecule has 0 aromatic carbocycles. The van der Waals surface area contributed by atoms with E-state index in [9.17, 15) is 0 Å². The molecule has 4 nitrogen and oxygen atoms in total. The Balaban J connectivity index is 4.31. The lowest BCUT2D eigenvalue weighted by molar-refractivity contribution is -0.0388. The zero-order chi connectivity index (χ0) is 11.7. The van der Waals surface area contributed by atoms with Crippen molar-refractivity contribution in [2.24, 2.45) is 0 Å². The van der Waals surface area contributed by atoms with Crippen molar-refractivity contribution in [3.63, 3.8) is 0 Å². The van der Waals surface area contributed by atoms with Gasteiger partial charge in [0.2, 0.25) is 0 Å². The average Bonchev–Trinajstić information content (AvgIpc) is 2.18. The van der Waals surface area contributed by atoms with Crippen LogP contribution in [0.25, 0.3) is 0 Å². The minimum absolute atomic E-state index is 0.111. The highest BCUT2D eigenvalue weighted by Crippen LogP contribution is 2.15. The summed E-state index contributed by atoms with van der Waals surface area (Å²) in [6.45, 7) is 9.04. The molecule has 5 heteroatoms. The standard InChI is InChI=1S/C10H24O4Si/c1-6-9-10(4)14-15(11-5,12-7-2)13-8-3/h10H,6-9H2,1-5H3. The first-order valence-corrected chi connectivity index (χ1v) is 7.28. The normalized spacial score (nSPS) is 14.2. The molecule has 0 fully saturated rings. The Kier molecular flexibility index (Phi) is 8.27. The molecule has 15 heavy (non-hydrogen) atoms. The molecular weight excluding hydrogens is 212 g/mol. The molecule has 0 spiro atoms. The van der Waals surface area contributed by atoms with Crippen molar-refractivity contribution in [1.29, 1.82) is 0 Å². The summed E-state index contributed by atoms with van der Waals surface area (Å²) in [6, 6.07) is 0. The molecule has 0 N–H and O–H groups in total. The van der Waals surface area contributed by atoms with Gasteiger partial charge in [-0.15, -0.1) is 0 Å². The van der Waals surface area contributed by atoms with E-state index >= 15 is 0 Å². The third kappa shape index (κ3) is 5.63. The second kappa shape index (κ2) is 8.24. The molecule has 92 valence electrons. The van der Waals surface area contributed by atoms with Crippen LogP contribution in [0.2, 0.25) is 0 Å². The SMILES string of the molecule is CCCC(C)O[Si](OC)(OCC)OCC. The molecule has 0 heterocycles. The summed E-state index contributed by atoms with van der Waals surface area (Å²) >= 11 is 0. The third-order valence-corrected chi connectivity index (χ3v) is 4.41. The first-order chi connectivity index (χ1) is 7.14. The lowest BCUT2D eigenvalue weighted by atomic mass is 10.2. The van der Waals surface area contributed by atoms with Crippen LogP contribution in [0.1, 0.15) is 40.5 Å². The minimum atomic E-state index is -2.87. The van der Waals surface area contributed by atoms with Gasteiger partial charge in [0.15, 0.2) is 0 Å². The first-order valence-electron chi connectivity index (χ1n) is 5.64. The molecule has 0 amide bonds. The first kappa shape index (κ1) is 15.1. The van der Waals surface area contributed by atoms with Crippen molar-refractivity contribution < 1.29 is 17.7 Å². The fourth-order valence-electron chi connectivity index (χ4n) is 1.34. The molecule has 0 aliphatic carbocycles. The van der Waals surface area contributed by atoms with E-state index in [2.05, 4.69) is 6.92 Å². The van der Waals surface area contributed by atoms with E-state index in [-0.39, 0.29) is 6.10 Å². The lowest BCUT2D eigenvalue weighted by Crippen LogP contribution is -2.50. The zero-order valence-corrected chi connectivity index (χ0v) is 11.5. The van der Waals surface area contributed by atoms with Crippen LogP contribution in [0.5, 0.6) is 0 Å². The van der Waals surface area contributed by atoms with Crippen LogP contribution >= 0.6 is 0 Å². The van der Waals surface area contributed by atoms with E-state index in [0.29, 0.717) is 13.2 Å². The molecule has 0 aromatic rings. The van der Waals surface area contributed by atoms with Gasteiger partial charge in [-0.1, -0.05) is 13.3 Å². The summed E-state index contributed by atoms with van der Waals surface area (Å²) in [5.41, 5.74) is 0. The van der Waals surface area contributed by atoms with Gasteiger partial charge in [0.05, 0.1) is 0 Å². The predicted octanol–water partition coefficient (Wildman–Crippen LogP) is 2.35. The second-order valence-corrected chi connectivity index (χ2v) is 5.51. The van der Waals surface area contributed by atoms with Gasteiger partial charge < -0.3 is 17.7 Å². The molecule has 0 radical (unpaired) electrons. The fraction of sp³-hybridized carbons (Fsp3) is 1.00. The molecule has 0 saturated carbocycles. The summed E-state index contributed by atoms with van der Waals surface area (Å²) in [5, 5.41) is 0. The largest absolute Gasteiger partial charge is 0.679 e. The molecular formula is C10H24O4Si. The van der Waals surface area contributed by atoms with Crippen LogP contribution < -0.4 is 0 Å². The van der Waals surface area contributed by atoms with E-state index in [1.807, 2.05) is 20.8 Å². The smallest absolute Gasteiger partial charge is 0.355 e. The van der Waals surface area contributed by atoms with Crippen molar-refractivity contribution >= 4 is 9.05 Å². The van der Waals surface area contributed by atoms with Gasteiger partial charge >= 0.3 is 9.05 Å². The molecule has 0 rings (SSSR count). The van der Waals surface area contributed by atoms with Gasteiger partial charge in [-0.2, -0.15) is 0 Å². The van der Waals surface area contributed by atoms with E-state index in [4.69, 9.17) is 17.7 Å². The molecule has 0 aromatic heterocycles. The lowest BCUT2D eigenvalue weighted by Gasteiger charge is -2.28. The average molecular weight is 236 g/mol. The Morgan fingerprint density at radius 2 is 1.60 bits per heavy atom. The molecule has 1 atom stereocenters. The van der Waals surface area contributed by atoms with Gasteiger partial charge in [0, 0.05) is 26.4 Å². The van der Waals surface area contributed by atoms with Crippen LogP contribution in [0.3, 0.4) is 0 Å². The van der Waals surface area contributed by atoms with Crippen LogP contribution in [-0.4, -0.2) is 35.5 Å². The highest BCUT2D eigenvalue weighted by atomic mass is 28.4. The predicted molar refractivity (Wildman–Crippen MR) is 61.5 cm³/mol. The van der Waals surface area contributed by atoms with E-state index in [0.717, 1.165) is 12.8 Å². The molecule has 0 aliphatic heterocycles. The summed E-state index contributed by atoms with van der Waals surface area (Å²) in [5.74, 6) is 0. The Hall–Kier alpha value is 0.0569. The van der Waals surface area contributed by atoms with Crippen molar-refractivity contribution in [2.75, 3.05) is 20.3 Å². The highest BCUT2D eigenvalue weighted by Gasteiger charge is 2.45. The Morgan fingerprint density at radius 3 is 1.93 bits per heavy atom. The maximum atomic E-state index is 5.78. The van der Waals surface area contributed by atoms with E-state index in [1.165, 1.54) is 0 Å². The zero-order valence-electron chi connectivity index (χ0n) is 10.5. The molecule has 0 saturated heterocycles. The van der Waals surface area contributed by atoms with Crippen LogP contribution in [0, 0.1) is 0 Å². The van der Waals surface area contributed by atoms with E-state index in [1.54, 1.807) is 7.11 Å². The van der Waals surface area contributed by atoms with Crippen molar-refractivity contribution in [2.45, 2.75) is 46.6 Å². The highest BCUT2D eigenvalue weighted by molar-refractivity contribution is 6.53. The van der Waals surface area contributed by atoms with Crippen molar-refractivity contribution in [3.05, 3.63) is 0 Å². The summed E-state index contributed by atoms with van der Waals surface area (Å²) in [4.78, 5) is 0. The summed E-state index contributed by atoms with van der Waals surface area (Å²) in [6.07, 6.45) is 2.17. The van der Waals surface area contributed by atoms with Gasteiger partial charge in [0.1, 0.15) is 0 Å². The number of hydrogen-bond donors (Lipinski definition) is 0. The Labute approximate surface area is 94.4 Å². The van der Waals surface area contributed by atoms with Crippen LogP contribution in [0.4, 0.5) is 0 Å². The maximum Gasteiger partial charge on any atom is 0.679 e. The van der Waals surface area contributed by atoms with Crippen molar-refractivity contribution in [3.8, 4) is 0 Å². The van der Waals surface area contributed by atoms with Gasteiger partial charge in [-0.25, -0.2) is 0 Å². The number of hydrogen-bond acceptors (Lipinski definition) is 4. The fourth-order valence-corrected chi connectivity index (χ4v) is 3.21. The Bertz CT molecular complexity index is 148. The summed E-state index contributed by atoms with van der Waals surface area (Å²) in [7, 11) is -1.29. The molecule has 0 bridgehead atoms.